The molecule has 1 fully saturated rings. The lowest BCUT2D eigenvalue weighted by Crippen LogP contribution is -2.38. The topological polar surface area (TPSA) is 55.6 Å². The van der Waals surface area contributed by atoms with E-state index in [9.17, 15) is 4.79 Å². The molecule has 4 nitrogen and oxygen atoms in total. The fourth-order valence-electron chi connectivity index (χ4n) is 2.10. The summed E-state index contributed by atoms with van der Waals surface area (Å²) in [7, 11) is 0. The second kappa shape index (κ2) is 8.02. The van der Waals surface area contributed by atoms with E-state index in [2.05, 4.69) is 35.1 Å². The highest BCUT2D eigenvalue weighted by Gasteiger charge is 2.17. The third kappa shape index (κ3) is 6.68. The van der Waals surface area contributed by atoms with E-state index in [0.29, 0.717) is 6.47 Å². The van der Waals surface area contributed by atoms with Crippen molar-refractivity contribution in [3.63, 3.8) is 0 Å². The molecule has 0 radical (unpaired) electrons. The molecule has 2 N–H and O–H groups in total. The zero-order chi connectivity index (χ0) is 15.0. The van der Waals surface area contributed by atoms with Crippen molar-refractivity contribution in [2.75, 3.05) is 13.1 Å². The number of carbonyl (C=O) groups is 1. The number of carbonyl (C=O) groups excluding carboxylic acids is 1. The number of hydrazine groups is 1. The zero-order valence-corrected chi connectivity index (χ0v) is 12.7. The summed E-state index contributed by atoms with van der Waals surface area (Å²) in [6.07, 6.45) is 2.39. The molecule has 0 saturated carbocycles. The first-order valence-electron chi connectivity index (χ1n) is 7.08. The van der Waals surface area contributed by atoms with Crippen LogP contribution < -0.4 is 5.84 Å². The van der Waals surface area contributed by atoms with E-state index in [1.165, 1.54) is 18.4 Å². The summed E-state index contributed by atoms with van der Waals surface area (Å²) in [5, 5.41) is 1.92. The van der Waals surface area contributed by atoms with Gasteiger partial charge in [-0.3, -0.25) is 10.6 Å². The van der Waals surface area contributed by atoms with Crippen LogP contribution in [0.2, 0.25) is 0 Å². The van der Waals surface area contributed by atoms with Gasteiger partial charge in [-0.2, -0.15) is 0 Å². The Hall–Kier alpha value is -1.39. The number of benzene rings is 1. The molecule has 0 bridgehead atoms. The van der Waals surface area contributed by atoms with Crippen LogP contribution in [0.25, 0.3) is 0 Å². The van der Waals surface area contributed by atoms with Gasteiger partial charge < -0.3 is 4.74 Å². The van der Waals surface area contributed by atoms with Crippen molar-refractivity contribution in [1.29, 1.82) is 0 Å². The van der Waals surface area contributed by atoms with Crippen LogP contribution in [-0.2, 0) is 9.53 Å². The van der Waals surface area contributed by atoms with Gasteiger partial charge in [-0.1, -0.05) is 30.3 Å². The molecule has 0 spiro atoms. The van der Waals surface area contributed by atoms with Crippen LogP contribution >= 0.6 is 0 Å². The second-order valence-corrected chi connectivity index (χ2v) is 6.05. The molecule has 0 aromatic heterocycles. The van der Waals surface area contributed by atoms with Gasteiger partial charge in [0.1, 0.15) is 5.60 Å². The molecule has 1 heterocycles. The first kappa shape index (κ1) is 16.7. The molecule has 20 heavy (non-hydrogen) atoms. The third-order valence-electron chi connectivity index (χ3n) is 3.20. The first-order chi connectivity index (χ1) is 9.42. The number of ether oxygens (including phenoxy) is 1. The van der Waals surface area contributed by atoms with E-state index >= 15 is 0 Å². The van der Waals surface area contributed by atoms with Gasteiger partial charge in [0, 0.05) is 13.1 Å². The van der Waals surface area contributed by atoms with Crippen molar-refractivity contribution >= 4 is 6.47 Å². The molecular weight excluding hydrogens is 252 g/mol. The van der Waals surface area contributed by atoms with Crippen molar-refractivity contribution in [2.45, 2.75) is 45.1 Å². The van der Waals surface area contributed by atoms with Gasteiger partial charge in [-0.05, 0) is 45.1 Å². The maximum atomic E-state index is 9.60. The highest BCUT2D eigenvalue weighted by molar-refractivity contribution is 5.37. The lowest BCUT2D eigenvalue weighted by molar-refractivity contribution is -0.138. The summed E-state index contributed by atoms with van der Waals surface area (Å²) in [5.74, 6) is 6.43. The van der Waals surface area contributed by atoms with E-state index < -0.39 is 0 Å². The van der Waals surface area contributed by atoms with Crippen LogP contribution in [0.15, 0.2) is 30.3 Å². The Labute approximate surface area is 121 Å². The Morgan fingerprint density at radius 2 is 1.75 bits per heavy atom. The minimum atomic E-state index is -0.318. The molecule has 0 aliphatic carbocycles. The van der Waals surface area contributed by atoms with E-state index in [0.717, 1.165) is 19.0 Å². The number of nitrogens with zero attached hydrogens (tertiary/aromatic N) is 1. The lowest BCUT2D eigenvalue weighted by atomic mass is 9.90. The Morgan fingerprint density at radius 3 is 2.15 bits per heavy atom. The third-order valence-corrected chi connectivity index (χ3v) is 3.20. The van der Waals surface area contributed by atoms with Gasteiger partial charge in [-0.15, -0.1) is 0 Å². The normalized spacial score (nSPS) is 17.0. The van der Waals surface area contributed by atoms with E-state index in [-0.39, 0.29) is 5.60 Å². The van der Waals surface area contributed by atoms with Crippen LogP contribution in [-0.4, -0.2) is 30.2 Å². The fraction of sp³-hybridized carbons (Fsp3) is 0.562. The first-order valence-corrected chi connectivity index (χ1v) is 7.08. The quantitative estimate of drug-likeness (QED) is 0.667. The molecule has 1 saturated heterocycles. The van der Waals surface area contributed by atoms with Crippen LogP contribution in [0.1, 0.15) is 45.1 Å². The van der Waals surface area contributed by atoms with Crippen molar-refractivity contribution in [2.24, 2.45) is 5.84 Å². The number of rotatable bonds is 2. The lowest BCUT2D eigenvalue weighted by Gasteiger charge is -2.28. The van der Waals surface area contributed by atoms with Gasteiger partial charge in [0.25, 0.3) is 6.47 Å². The summed E-state index contributed by atoms with van der Waals surface area (Å²) in [6.45, 7) is 7.98. The van der Waals surface area contributed by atoms with Crippen molar-refractivity contribution in [3.05, 3.63) is 35.9 Å². The van der Waals surface area contributed by atoms with Crippen LogP contribution in [0.5, 0.6) is 0 Å². The summed E-state index contributed by atoms with van der Waals surface area (Å²) in [5.41, 5.74) is 1.15. The Morgan fingerprint density at radius 1 is 1.20 bits per heavy atom. The maximum Gasteiger partial charge on any atom is 0.293 e. The van der Waals surface area contributed by atoms with Gasteiger partial charge >= 0.3 is 0 Å². The number of nitrogens with two attached hydrogens (primary N) is 1. The molecule has 1 aliphatic heterocycles. The predicted octanol–water partition coefficient (Wildman–Crippen LogP) is 2.70. The Balaban J connectivity index is 0.000000246. The van der Waals surface area contributed by atoms with Crippen molar-refractivity contribution in [1.82, 2.24) is 5.01 Å². The minimum Gasteiger partial charge on any atom is -0.462 e. The standard InChI is InChI=1S/C11H16N2.C5H10O2/c12-13-8-6-11(7-9-13)10-4-2-1-3-5-10;1-5(2,3)7-4-6/h1-5,11H,6-9,12H2;4H,1-3H3. The molecule has 4 heteroatoms. The van der Waals surface area contributed by atoms with Gasteiger partial charge in [0.2, 0.25) is 0 Å². The monoisotopic (exact) mass is 278 g/mol. The van der Waals surface area contributed by atoms with E-state index in [1.54, 1.807) is 0 Å². The summed E-state index contributed by atoms with van der Waals surface area (Å²) in [4.78, 5) is 9.60. The largest absolute Gasteiger partial charge is 0.462 e. The molecule has 1 aliphatic rings. The molecule has 0 atom stereocenters. The van der Waals surface area contributed by atoms with Gasteiger partial charge in [0.15, 0.2) is 0 Å². The highest BCUT2D eigenvalue weighted by atomic mass is 16.5. The Bertz CT molecular complexity index is 379. The predicted molar refractivity (Wildman–Crippen MR) is 81.1 cm³/mol. The summed E-state index contributed by atoms with van der Waals surface area (Å²) < 4.78 is 4.55. The van der Waals surface area contributed by atoms with Gasteiger partial charge in [0.05, 0.1) is 0 Å². The van der Waals surface area contributed by atoms with Crippen molar-refractivity contribution in [3.8, 4) is 0 Å². The van der Waals surface area contributed by atoms with E-state index in [1.807, 2.05) is 25.8 Å². The molecule has 112 valence electrons. The minimum absolute atomic E-state index is 0.318. The average Bonchev–Trinajstić information content (AvgIpc) is 2.40. The molecular formula is C16H26N2O2. The van der Waals surface area contributed by atoms with Crippen LogP contribution in [0, 0.1) is 0 Å². The van der Waals surface area contributed by atoms with Crippen LogP contribution in [0.4, 0.5) is 0 Å². The number of hydrogen-bond donors (Lipinski definition) is 1. The highest BCUT2D eigenvalue weighted by Crippen LogP contribution is 2.26. The Kier molecular flexibility index (Phi) is 6.68. The zero-order valence-electron chi connectivity index (χ0n) is 12.7. The maximum absolute atomic E-state index is 9.60. The average molecular weight is 278 g/mol. The second-order valence-electron chi connectivity index (χ2n) is 6.05. The molecule has 2 rings (SSSR count). The summed E-state index contributed by atoms with van der Waals surface area (Å²) in [6, 6.07) is 10.7. The smallest absolute Gasteiger partial charge is 0.293 e. The fourth-order valence-corrected chi connectivity index (χ4v) is 2.10. The molecule has 1 aromatic rings. The van der Waals surface area contributed by atoms with Crippen molar-refractivity contribution < 1.29 is 9.53 Å². The number of hydrogen-bond acceptors (Lipinski definition) is 4. The molecule has 0 amide bonds. The molecule has 0 unspecified atom stereocenters. The summed E-state index contributed by atoms with van der Waals surface area (Å²) >= 11 is 0. The van der Waals surface area contributed by atoms with E-state index in [4.69, 9.17) is 5.84 Å². The SMILES string of the molecule is CC(C)(C)OC=O.NN1CCC(c2ccccc2)CC1. The van der Waals surface area contributed by atoms with Crippen LogP contribution in [0.3, 0.4) is 0 Å². The van der Waals surface area contributed by atoms with Gasteiger partial charge in [-0.25, -0.2) is 5.01 Å². The number of piperidine rings is 1. The molecule has 1 aromatic carbocycles.